The van der Waals surface area contributed by atoms with Crippen molar-refractivity contribution >= 4 is 52.1 Å². The van der Waals surface area contributed by atoms with Crippen molar-refractivity contribution in [2.75, 3.05) is 18.2 Å². The maximum atomic E-state index is 13.1. The molecule has 1 saturated heterocycles. The fourth-order valence-corrected chi connectivity index (χ4v) is 6.66. The zero-order valence-electron chi connectivity index (χ0n) is 21.0. The molecule has 2 atom stereocenters. The largest absolute Gasteiger partial charge is 0.455 e. The molecule has 39 heavy (non-hydrogen) atoms. The van der Waals surface area contributed by atoms with E-state index in [4.69, 9.17) is 4.74 Å². The van der Waals surface area contributed by atoms with Gasteiger partial charge in [-0.1, -0.05) is 23.9 Å². The number of hydrogen-bond donors (Lipinski definition) is 3. The maximum absolute atomic E-state index is 13.1. The number of nitrogens with zero attached hydrogens (tertiary/aromatic N) is 2. The van der Waals surface area contributed by atoms with Crippen LogP contribution in [-0.2, 0) is 9.59 Å². The Morgan fingerprint density at radius 3 is 2.85 bits per heavy atom. The molecule has 198 valence electrons. The molecule has 9 nitrogen and oxygen atoms in total. The van der Waals surface area contributed by atoms with Gasteiger partial charge in [0.1, 0.15) is 17.5 Å². The fourth-order valence-electron chi connectivity index (χ4n) is 4.55. The van der Waals surface area contributed by atoms with Crippen molar-refractivity contribution in [3.63, 3.8) is 0 Å². The van der Waals surface area contributed by atoms with E-state index in [-0.39, 0.29) is 30.3 Å². The molecule has 2 aromatic heterocycles. The smallest absolute Gasteiger partial charge is 0.251 e. The van der Waals surface area contributed by atoms with Gasteiger partial charge in [-0.2, -0.15) is 0 Å². The Hall–Kier alpha value is -3.96. The van der Waals surface area contributed by atoms with Crippen molar-refractivity contribution in [1.29, 1.82) is 0 Å². The number of amides is 3. The van der Waals surface area contributed by atoms with Crippen LogP contribution in [0.2, 0.25) is 0 Å². The number of H-pyrrole nitrogens is 1. The van der Waals surface area contributed by atoms with Crippen LogP contribution in [0.3, 0.4) is 0 Å². The van der Waals surface area contributed by atoms with Crippen LogP contribution in [0.1, 0.15) is 29.0 Å². The minimum absolute atomic E-state index is 0.205. The maximum Gasteiger partial charge on any atom is 0.251 e. The van der Waals surface area contributed by atoms with Crippen LogP contribution >= 0.6 is 23.5 Å². The lowest BCUT2D eigenvalue weighted by Crippen LogP contribution is -2.50. The van der Waals surface area contributed by atoms with E-state index in [0.29, 0.717) is 22.9 Å². The van der Waals surface area contributed by atoms with Gasteiger partial charge < -0.3 is 25.3 Å². The van der Waals surface area contributed by atoms with Gasteiger partial charge in [-0.3, -0.25) is 19.4 Å². The van der Waals surface area contributed by atoms with Gasteiger partial charge in [0.15, 0.2) is 0 Å². The SMILES string of the molecule is C[C@@H](NC(=O)C1CSCN1C(=O)CNC(=O)c1ccc2c(c1)Oc1ccccc1S2)c1cc2cnccc2[nH]1. The molecule has 0 saturated carbocycles. The highest BCUT2D eigenvalue weighted by Gasteiger charge is 2.35. The number of aromatic amines is 1. The summed E-state index contributed by atoms with van der Waals surface area (Å²) in [4.78, 5) is 49.8. The van der Waals surface area contributed by atoms with Crippen LogP contribution < -0.4 is 15.4 Å². The van der Waals surface area contributed by atoms with Crippen molar-refractivity contribution in [1.82, 2.24) is 25.5 Å². The minimum atomic E-state index is -0.609. The average molecular weight is 560 g/mol. The van der Waals surface area contributed by atoms with Gasteiger partial charge in [-0.25, -0.2) is 0 Å². The molecule has 0 aliphatic carbocycles. The van der Waals surface area contributed by atoms with E-state index in [1.165, 1.54) is 16.7 Å². The van der Waals surface area contributed by atoms with E-state index in [0.717, 1.165) is 32.1 Å². The molecule has 2 aliphatic rings. The molecular weight excluding hydrogens is 534 g/mol. The highest BCUT2D eigenvalue weighted by molar-refractivity contribution is 7.99. The Bertz CT molecular complexity index is 1560. The number of aromatic nitrogens is 2. The van der Waals surface area contributed by atoms with Gasteiger partial charge in [0.2, 0.25) is 11.8 Å². The number of carbonyl (C=O) groups excluding carboxylic acids is 3. The molecule has 1 unspecified atom stereocenters. The average Bonchev–Trinajstić information content (AvgIpc) is 3.62. The molecular formula is C28H25N5O4S2. The van der Waals surface area contributed by atoms with Gasteiger partial charge in [0, 0.05) is 40.3 Å². The molecule has 0 radical (unpaired) electrons. The number of hydrogen-bond acceptors (Lipinski definition) is 7. The highest BCUT2D eigenvalue weighted by atomic mass is 32.2. The molecule has 4 aromatic rings. The number of fused-ring (bicyclic) bond motifs is 3. The van der Waals surface area contributed by atoms with Crippen LogP contribution in [0.5, 0.6) is 11.5 Å². The summed E-state index contributed by atoms with van der Waals surface area (Å²) < 4.78 is 5.97. The van der Waals surface area contributed by atoms with Crippen LogP contribution in [-0.4, -0.2) is 56.8 Å². The van der Waals surface area contributed by atoms with Gasteiger partial charge >= 0.3 is 0 Å². The lowest BCUT2D eigenvalue weighted by Gasteiger charge is -2.25. The summed E-state index contributed by atoms with van der Waals surface area (Å²) in [7, 11) is 0. The zero-order valence-corrected chi connectivity index (χ0v) is 22.6. The Morgan fingerprint density at radius 1 is 1.13 bits per heavy atom. The summed E-state index contributed by atoms with van der Waals surface area (Å²) in [5.74, 6) is 1.32. The van der Waals surface area contributed by atoms with E-state index < -0.39 is 6.04 Å². The lowest BCUT2D eigenvalue weighted by atomic mass is 10.2. The summed E-state index contributed by atoms with van der Waals surface area (Å²) in [6.07, 6.45) is 3.47. The zero-order chi connectivity index (χ0) is 26.9. The van der Waals surface area contributed by atoms with E-state index in [9.17, 15) is 14.4 Å². The quantitative estimate of drug-likeness (QED) is 0.284. The standard InChI is InChI=1S/C28H25N5O4S2/c1-16(20-10-18-12-29-9-8-19(18)32-20)31-28(36)21-14-38-15-33(21)26(34)13-30-27(35)17-6-7-25-23(11-17)37-22-4-2-3-5-24(22)39-25/h2-12,16,21,32H,13-15H2,1H3,(H,30,35)(H,31,36)/t16-,21?/m1/s1. The van der Waals surface area contributed by atoms with Crippen molar-refractivity contribution < 1.29 is 19.1 Å². The molecule has 1 fully saturated rings. The Kier molecular flexibility index (Phi) is 6.92. The predicted molar refractivity (Wildman–Crippen MR) is 150 cm³/mol. The molecule has 4 heterocycles. The highest BCUT2D eigenvalue weighted by Crippen LogP contribution is 2.46. The van der Waals surface area contributed by atoms with Crippen LogP contribution in [0.4, 0.5) is 0 Å². The first-order chi connectivity index (χ1) is 19.0. The second-order valence-corrected chi connectivity index (χ2v) is 11.4. The molecule has 6 rings (SSSR count). The number of benzene rings is 2. The van der Waals surface area contributed by atoms with E-state index >= 15 is 0 Å². The van der Waals surface area contributed by atoms with Crippen molar-refractivity contribution in [3.05, 3.63) is 78.2 Å². The first kappa shape index (κ1) is 25.3. The molecule has 11 heteroatoms. The van der Waals surface area contributed by atoms with Gasteiger partial charge in [-0.05, 0) is 49.4 Å². The monoisotopic (exact) mass is 559 g/mol. The van der Waals surface area contributed by atoms with Gasteiger partial charge in [0.05, 0.1) is 28.3 Å². The first-order valence-corrected chi connectivity index (χ1v) is 14.4. The van der Waals surface area contributed by atoms with Crippen LogP contribution in [0.15, 0.2) is 76.8 Å². The number of nitrogens with one attached hydrogen (secondary N) is 3. The summed E-state index contributed by atoms with van der Waals surface area (Å²) >= 11 is 3.09. The lowest BCUT2D eigenvalue weighted by molar-refractivity contribution is -0.137. The van der Waals surface area contributed by atoms with E-state index in [2.05, 4.69) is 20.6 Å². The first-order valence-electron chi connectivity index (χ1n) is 12.4. The molecule has 2 aliphatic heterocycles. The van der Waals surface area contributed by atoms with Crippen molar-refractivity contribution in [2.45, 2.75) is 28.8 Å². The predicted octanol–water partition coefficient (Wildman–Crippen LogP) is 4.33. The number of rotatable bonds is 6. The number of carbonyl (C=O) groups is 3. The second-order valence-electron chi connectivity index (χ2n) is 9.29. The molecule has 0 bridgehead atoms. The third-order valence-corrected chi connectivity index (χ3v) is 8.79. The van der Waals surface area contributed by atoms with Crippen molar-refractivity contribution in [2.24, 2.45) is 0 Å². The third kappa shape index (κ3) is 5.19. The topological polar surface area (TPSA) is 116 Å². The van der Waals surface area contributed by atoms with Gasteiger partial charge in [-0.15, -0.1) is 11.8 Å². The molecule has 3 N–H and O–H groups in total. The number of para-hydroxylation sites is 1. The van der Waals surface area contributed by atoms with Crippen LogP contribution in [0.25, 0.3) is 10.9 Å². The Morgan fingerprint density at radius 2 is 1.97 bits per heavy atom. The summed E-state index contributed by atoms with van der Waals surface area (Å²) in [6.45, 7) is 1.69. The number of ether oxygens (including phenoxy) is 1. The van der Waals surface area contributed by atoms with Gasteiger partial charge in [0.25, 0.3) is 5.91 Å². The van der Waals surface area contributed by atoms with E-state index in [1.807, 2.05) is 49.4 Å². The normalized spacial score (nSPS) is 16.6. The Labute approximate surface area is 233 Å². The third-order valence-electron chi connectivity index (χ3n) is 6.67. The minimum Gasteiger partial charge on any atom is -0.455 e. The number of pyridine rings is 1. The summed E-state index contributed by atoms with van der Waals surface area (Å²) in [6, 6.07) is 15.9. The van der Waals surface area contributed by atoms with E-state index in [1.54, 1.807) is 36.3 Å². The second kappa shape index (κ2) is 10.7. The molecule has 0 spiro atoms. The fraction of sp³-hybridized carbons (Fsp3) is 0.214. The summed E-state index contributed by atoms with van der Waals surface area (Å²) in [5, 5.41) is 6.67. The van der Waals surface area contributed by atoms with Crippen molar-refractivity contribution in [3.8, 4) is 11.5 Å². The summed E-state index contributed by atoms with van der Waals surface area (Å²) in [5.41, 5.74) is 2.20. The van der Waals surface area contributed by atoms with Crippen LogP contribution in [0, 0.1) is 0 Å². The molecule has 2 aromatic carbocycles. The Balaban J connectivity index is 1.05. The molecule has 3 amide bonds. The number of thioether (sulfide) groups is 1.